The fourth-order valence-electron chi connectivity index (χ4n) is 5.53. The van der Waals surface area contributed by atoms with Gasteiger partial charge in [0.15, 0.2) is 6.10 Å². The first-order valence-corrected chi connectivity index (χ1v) is 20.8. The number of carbonyl (C=O) groups excluding carboxylic acids is 2. The number of unbranched alkanes of at least 4 members (excludes halogenated alkanes) is 12. The number of hydrogen-bond acceptors (Lipinski definition) is 7. The molecule has 0 radical (unpaired) electrons. The Morgan fingerprint density at radius 3 is 1.94 bits per heavy atom. The van der Waals surface area contributed by atoms with Gasteiger partial charge in [0.25, 0.3) is 0 Å². The van der Waals surface area contributed by atoms with Crippen LogP contribution in [0.1, 0.15) is 162 Å². The van der Waals surface area contributed by atoms with Gasteiger partial charge in [-0.2, -0.15) is 0 Å². The van der Waals surface area contributed by atoms with Crippen molar-refractivity contribution < 1.29 is 42.7 Å². The third-order valence-electron chi connectivity index (χ3n) is 8.51. The molecule has 0 aromatic rings. The molecule has 0 aromatic heterocycles. The first-order valence-electron chi connectivity index (χ1n) is 19.3. The molecular weight excluding hydrogens is 643 g/mol. The molecule has 0 spiro atoms. The lowest BCUT2D eigenvalue weighted by atomic mass is 10.0. The highest BCUT2D eigenvalue weighted by molar-refractivity contribution is 7.46. The molecule has 1 aliphatic heterocycles. The Hall–Kier alpha value is -1.77. The third kappa shape index (κ3) is 30.8. The molecule has 9 nitrogen and oxygen atoms in total. The summed E-state index contributed by atoms with van der Waals surface area (Å²) >= 11 is 0. The molecule has 2 unspecified atom stereocenters. The number of carbonyl (C=O) groups is 2. The van der Waals surface area contributed by atoms with Crippen LogP contribution in [-0.2, 0) is 32.9 Å². The number of ether oxygens (including phenoxy) is 3. The van der Waals surface area contributed by atoms with Crippen LogP contribution in [0.25, 0.3) is 0 Å². The van der Waals surface area contributed by atoms with Crippen molar-refractivity contribution in [1.82, 2.24) is 0 Å². The Kier molecular flexibility index (Phi) is 27.6. The van der Waals surface area contributed by atoms with E-state index in [1.807, 2.05) is 0 Å². The molecule has 0 aliphatic carbocycles. The highest BCUT2D eigenvalue weighted by atomic mass is 31.2. The second-order valence-corrected chi connectivity index (χ2v) is 15.0. The molecule has 3 atom stereocenters. The van der Waals surface area contributed by atoms with Gasteiger partial charge in [-0.3, -0.25) is 14.1 Å². The lowest BCUT2D eigenvalue weighted by Gasteiger charge is -2.18. The van der Waals surface area contributed by atoms with E-state index in [9.17, 15) is 14.2 Å². The van der Waals surface area contributed by atoms with Crippen molar-refractivity contribution in [2.45, 2.75) is 180 Å². The van der Waals surface area contributed by atoms with Gasteiger partial charge in [-0.05, 0) is 57.3 Å². The van der Waals surface area contributed by atoms with E-state index < -0.39 is 32.5 Å². The number of allylic oxidation sites excluding steroid dienone is 5. The lowest BCUT2D eigenvalue weighted by molar-refractivity contribution is -0.161. The quantitative estimate of drug-likeness (QED) is 0.0224. The van der Waals surface area contributed by atoms with E-state index in [1.54, 1.807) is 0 Å². The number of phosphoric acid groups is 1. The summed E-state index contributed by atoms with van der Waals surface area (Å²) < 4.78 is 32.0. The second-order valence-electron chi connectivity index (χ2n) is 13.8. The second kappa shape index (κ2) is 29.9. The molecule has 10 heteroatoms. The minimum absolute atomic E-state index is 0.116. The van der Waals surface area contributed by atoms with Gasteiger partial charge in [0.05, 0.1) is 18.8 Å². The molecule has 1 fully saturated rings. The van der Waals surface area contributed by atoms with Gasteiger partial charge in [-0.25, -0.2) is 4.57 Å². The first kappa shape index (κ1) is 45.3. The van der Waals surface area contributed by atoms with Crippen molar-refractivity contribution in [3.63, 3.8) is 0 Å². The maximum Gasteiger partial charge on any atom is 0.469 e. The van der Waals surface area contributed by atoms with Crippen LogP contribution in [0.4, 0.5) is 0 Å². The lowest BCUT2D eigenvalue weighted by Crippen LogP contribution is -2.29. The van der Waals surface area contributed by atoms with Crippen molar-refractivity contribution in [2.75, 3.05) is 13.2 Å². The van der Waals surface area contributed by atoms with E-state index in [4.69, 9.17) is 24.0 Å². The average Bonchev–Trinajstić information content (AvgIpc) is 3.80. The summed E-state index contributed by atoms with van der Waals surface area (Å²) in [4.78, 5) is 42.8. The summed E-state index contributed by atoms with van der Waals surface area (Å²) in [5.74, 6) is -0.166. The van der Waals surface area contributed by atoms with Crippen LogP contribution in [0.3, 0.4) is 0 Å². The Labute approximate surface area is 297 Å². The molecular formula is C39H69O9P. The number of rotatable bonds is 33. The molecule has 0 amide bonds. The van der Waals surface area contributed by atoms with Crippen molar-refractivity contribution in [2.24, 2.45) is 5.92 Å². The summed E-state index contributed by atoms with van der Waals surface area (Å²) in [5, 5.41) is 0. The fourth-order valence-corrected chi connectivity index (χ4v) is 5.89. The Morgan fingerprint density at radius 1 is 0.714 bits per heavy atom. The summed E-state index contributed by atoms with van der Waals surface area (Å²) in [6.07, 6.45) is 34.6. The normalized spacial score (nSPS) is 17.1. The molecule has 0 bridgehead atoms. The van der Waals surface area contributed by atoms with Crippen LogP contribution in [0.15, 0.2) is 36.5 Å². The van der Waals surface area contributed by atoms with E-state index in [1.165, 1.54) is 70.6 Å². The number of phosphoric ester groups is 1. The molecule has 1 rings (SSSR count). The maximum atomic E-state index is 12.4. The molecule has 0 aromatic carbocycles. The van der Waals surface area contributed by atoms with E-state index in [-0.39, 0.29) is 31.7 Å². The molecule has 49 heavy (non-hydrogen) atoms. The van der Waals surface area contributed by atoms with Crippen molar-refractivity contribution in [3.8, 4) is 0 Å². The van der Waals surface area contributed by atoms with Crippen LogP contribution in [0, 0.1) is 5.92 Å². The minimum atomic E-state index is -4.77. The van der Waals surface area contributed by atoms with Gasteiger partial charge in [0.1, 0.15) is 6.61 Å². The van der Waals surface area contributed by atoms with Crippen molar-refractivity contribution >= 4 is 19.8 Å². The SMILES string of the molecule is CCCCC/C=C\C/C=C\C/C=C\CC1OC1CCCC(=O)O[C@H](COC(=O)CCCCCCCCCCCCC(C)C)COP(=O)(O)O. The van der Waals surface area contributed by atoms with Gasteiger partial charge in [-0.1, -0.05) is 134 Å². The fraction of sp³-hybridized carbons (Fsp3) is 0.795. The zero-order chi connectivity index (χ0) is 36.0. The Bertz CT molecular complexity index is 972. The largest absolute Gasteiger partial charge is 0.469 e. The van der Waals surface area contributed by atoms with Crippen LogP contribution < -0.4 is 0 Å². The van der Waals surface area contributed by atoms with E-state index in [0.29, 0.717) is 12.8 Å². The predicted octanol–water partition coefficient (Wildman–Crippen LogP) is 10.2. The van der Waals surface area contributed by atoms with E-state index in [0.717, 1.165) is 50.9 Å². The molecule has 284 valence electrons. The maximum absolute atomic E-state index is 12.4. The van der Waals surface area contributed by atoms with Gasteiger partial charge in [0, 0.05) is 12.8 Å². The summed E-state index contributed by atoms with van der Waals surface area (Å²) in [6.45, 7) is 5.89. The Morgan fingerprint density at radius 2 is 1.31 bits per heavy atom. The minimum Gasteiger partial charge on any atom is -0.462 e. The van der Waals surface area contributed by atoms with Gasteiger partial charge in [0.2, 0.25) is 0 Å². The van der Waals surface area contributed by atoms with Gasteiger partial charge < -0.3 is 24.0 Å². The average molecular weight is 713 g/mol. The van der Waals surface area contributed by atoms with E-state index >= 15 is 0 Å². The number of epoxide rings is 1. The monoisotopic (exact) mass is 712 g/mol. The molecule has 0 saturated carbocycles. The molecule has 1 heterocycles. The molecule has 1 aliphatic rings. The summed E-state index contributed by atoms with van der Waals surface area (Å²) in [5.41, 5.74) is 0. The Balaban J connectivity index is 2.16. The van der Waals surface area contributed by atoms with Gasteiger partial charge in [-0.15, -0.1) is 0 Å². The van der Waals surface area contributed by atoms with Gasteiger partial charge >= 0.3 is 19.8 Å². The molecule has 2 N–H and O–H groups in total. The zero-order valence-electron chi connectivity index (χ0n) is 30.9. The van der Waals surface area contributed by atoms with Crippen LogP contribution in [-0.4, -0.2) is 53.3 Å². The summed E-state index contributed by atoms with van der Waals surface area (Å²) in [7, 11) is -4.77. The standard InChI is InChI=1S/C39H69O9P/c1-4-5-6-7-8-9-10-11-15-18-21-24-28-36-37(48-36)29-26-31-39(41)47-35(33-46-49(42,43)44)32-45-38(40)30-25-22-19-16-13-12-14-17-20-23-27-34(2)3/h8-9,11,15,21,24,34-37H,4-7,10,12-14,16-20,22-23,25-33H2,1-3H3,(H2,42,43,44)/b9-8-,15-11-,24-21-/t35-,36?,37?/m1/s1. The first-order chi connectivity index (χ1) is 23.6. The highest BCUT2D eigenvalue weighted by Crippen LogP contribution is 2.36. The van der Waals surface area contributed by atoms with E-state index in [2.05, 4.69) is 61.8 Å². The summed E-state index contributed by atoms with van der Waals surface area (Å²) in [6, 6.07) is 0. The zero-order valence-corrected chi connectivity index (χ0v) is 31.8. The van der Waals surface area contributed by atoms with Crippen LogP contribution >= 0.6 is 7.82 Å². The van der Waals surface area contributed by atoms with Crippen molar-refractivity contribution in [3.05, 3.63) is 36.5 Å². The van der Waals surface area contributed by atoms with Crippen LogP contribution in [0.5, 0.6) is 0 Å². The smallest absolute Gasteiger partial charge is 0.462 e. The third-order valence-corrected chi connectivity index (χ3v) is 9.00. The topological polar surface area (TPSA) is 132 Å². The van der Waals surface area contributed by atoms with Crippen molar-refractivity contribution in [1.29, 1.82) is 0 Å². The number of esters is 2. The van der Waals surface area contributed by atoms with Crippen LogP contribution in [0.2, 0.25) is 0 Å². The highest BCUT2D eigenvalue weighted by Gasteiger charge is 2.36. The predicted molar refractivity (Wildman–Crippen MR) is 197 cm³/mol. The number of hydrogen-bond donors (Lipinski definition) is 2. The molecule has 1 saturated heterocycles.